The molecule has 2 rings (SSSR count). The molecule has 0 spiro atoms. The van der Waals surface area contributed by atoms with E-state index in [9.17, 15) is 5.11 Å². The molecule has 0 saturated carbocycles. The standard InChI is InChI=1S/C13H27N3O/c1-11(14)13(10-17)16-8-5-12(9-16)15-6-3-2-4-7-15/h11-13,17H,2-10,14H2,1H3. The van der Waals surface area contributed by atoms with Gasteiger partial charge in [-0.3, -0.25) is 9.80 Å². The van der Waals surface area contributed by atoms with Crippen LogP contribution in [0.5, 0.6) is 0 Å². The van der Waals surface area contributed by atoms with Crippen molar-refractivity contribution >= 4 is 0 Å². The molecule has 4 nitrogen and oxygen atoms in total. The van der Waals surface area contributed by atoms with Crippen LogP contribution in [-0.2, 0) is 0 Å². The molecular formula is C13H27N3O. The maximum absolute atomic E-state index is 9.42. The Labute approximate surface area is 105 Å². The molecular weight excluding hydrogens is 214 g/mol. The van der Waals surface area contributed by atoms with E-state index < -0.39 is 0 Å². The van der Waals surface area contributed by atoms with Gasteiger partial charge in [0.15, 0.2) is 0 Å². The fraction of sp³-hybridized carbons (Fsp3) is 1.00. The summed E-state index contributed by atoms with van der Waals surface area (Å²) in [7, 11) is 0. The minimum Gasteiger partial charge on any atom is -0.395 e. The molecule has 3 N–H and O–H groups in total. The van der Waals surface area contributed by atoms with Crippen molar-refractivity contribution < 1.29 is 5.11 Å². The summed E-state index contributed by atoms with van der Waals surface area (Å²) >= 11 is 0. The van der Waals surface area contributed by atoms with Gasteiger partial charge < -0.3 is 10.8 Å². The second-order valence-corrected chi connectivity index (χ2v) is 5.64. The number of piperidine rings is 1. The molecule has 0 aromatic rings. The van der Waals surface area contributed by atoms with Crippen LogP contribution in [0.1, 0.15) is 32.6 Å². The molecule has 3 atom stereocenters. The molecule has 100 valence electrons. The minimum atomic E-state index is 0.0557. The number of hydrogen-bond acceptors (Lipinski definition) is 4. The smallest absolute Gasteiger partial charge is 0.0601 e. The lowest BCUT2D eigenvalue weighted by Gasteiger charge is -2.34. The maximum Gasteiger partial charge on any atom is 0.0601 e. The van der Waals surface area contributed by atoms with Crippen molar-refractivity contribution in [2.45, 2.75) is 50.7 Å². The predicted octanol–water partition coefficient (Wildman–Crippen LogP) is 0.255. The molecule has 0 amide bonds. The SMILES string of the molecule is CC(N)C(CO)N1CCC(N2CCCCC2)C1. The van der Waals surface area contributed by atoms with Crippen LogP contribution in [-0.4, -0.2) is 65.8 Å². The van der Waals surface area contributed by atoms with E-state index in [1.54, 1.807) is 0 Å². The second-order valence-electron chi connectivity index (χ2n) is 5.64. The molecule has 0 radical (unpaired) electrons. The number of likely N-dealkylation sites (tertiary alicyclic amines) is 2. The molecule has 2 aliphatic rings. The highest BCUT2D eigenvalue weighted by Gasteiger charge is 2.32. The first-order valence-electron chi connectivity index (χ1n) is 7.07. The molecule has 2 saturated heterocycles. The number of aliphatic hydroxyl groups excluding tert-OH is 1. The Hall–Kier alpha value is -0.160. The molecule has 2 aliphatic heterocycles. The fourth-order valence-corrected chi connectivity index (χ4v) is 3.27. The van der Waals surface area contributed by atoms with Crippen LogP contribution in [0.3, 0.4) is 0 Å². The van der Waals surface area contributed by atoms with Crippen molar-refractivity contribution in [3.63, 3.8) is 0 Å². The number of rotatable bonds is 4. The second kappa shape index (κ2) is 6.14. The average Bonchev–Trinajstić information content (AvgIpc) is 2.80. The van der Waals surface area contributed by atoms with Crippen LogP contribution in [0.25, 0.3) is 0 Å². The van der Waals surface area contributed by atoms with Gasteiger partial charge in [-0.15, -0.1) is 0 Å². The molecule has 17 heavy (non-hydrogen) atoms. The lowest BCUT2D eigenvalue weighted by molar-refractivity contribution is 0.111. The number of nitrogens with two attached hydrogens (primary N) is 1. The van der Waals surface area contributed by atoms with Crippen molar-refractivity contribution in [3.05, 3.63) is 0 Å². The number of nitrogens with zero attached hydrogens (tertiary/aromatic N) is 2. The van der Waals surface area contributed by atoms with Gasteiger partial charge in [0.25, 0.3) is 0 Å². The third-order valence-electron chi connectivity index (χ3n) is 4.36. The van der Waals surface area contributed by atoms with Gasteiger partial charge in [0.1, 0.15) is 0 Å². The van der Waals surface area contributed by atoms with E-state index in [4.69, 9.17) is 5.73 Å². The minimum absolute atomic E-state index is 0.0557. The highest BCUT2D eigenvalue weighted by atomic mass is 16.3. The summed E-state index contributed by atoms with van der Waals surface area (Å²) in [6.07, 6.45) is 5.34. The lowest BCUT2D eigenvalue weighted by Crippen LogP contribution is -2.49. The van der Waals surface area contributed by atoms with E-state index >= 15 is 0 Å². The molecule has 2 heterocycles. The van der Waals surface area contributed by atoms with E-state index in [-0.39, 0.29) is 18.7 Å². The zero-order valence-corrected chi connectivity index (χ0v) is 11.0. The summed E-state index contributed by atoms with van der Waals surface area (Å²) in [5.41, 5.74) is 5.94. The van der Waals surface area contributed by atoms with Crippen molar-refractivity contribution in [3.8, 4) is 0 Å². The van der Waals surface area contributed by atoms with Gasteiger partial charge in [-0.25, -0.2) is 0 Å². The molecule has 0 bridgehead atoms. The van der Waals surface area contributed by atoms with Crippen LogP contribution in [0.4, 0.5) is 0 Å². The highest BCUT2D eigenvalue weighted by molar-refractivity contribution is 4.90. The summed E-state index contributed by atoms with van der Waals surface area (Å²) in [4.78, 5) is 5.02. The van der Waals surface area contributed by atoms with E-state index in [0.29, 0.717) is 6.04 Å². The average molecular weight is 241 g/mol. The van der Waals surface area contributed by atoms with Crippen LogP contribution in [0, 0.1) is 0 Å². The van der Waals surface area contributed by atoms with Crippen LogP contribution >= 0.6 is 0 Å². The Morgan fingerprint density at radius 3 is 2.53 bits per heavy atom. The first kappa shape index (κ1) is 13.3. The third-order valence-corrected chi connectivity index (χ3v) is 4.36. The molecule has 0 aromatic carbocycles. The zero-order valence-electron chi connectivity index (χ0n) is 11.0. The monoisotopic (exact) mass is 241 g/mol. The summed E-state index contributed by atoms with van der Waals surface area (Å²) in [6.45, 7) is 6.89. The van der Waals surface area contributed by atoms with Gasteiger partial charge >= 0.3 is 0 Å². The van der Waals surface area contributed by atoms with Crippen molar-refractivity contribution in [2.24, 2.45) is 5.73 Å². The molecule has 0 aliphatic carbocycles. The highest BCUT2D eigenvalue weighted by Crippen LogP contribution is 2.22. The Kier molecular flexibility index (Phi) is 4.79. The Bertz CT molecular complexity index is 229. The third kappa shape index (κ3) is 3.19. The Morgan fingerprint density at radius 2 is 1.94 bits per heavy atom. The van der Waals surface area contributed by atoms with E-state index in [1.807, 2.05) is 6.92 Å². The Morgan fingerprint density at radius 1 is 1.24 bits per heavy atom. The van der Waals surface area contributed by atoms with E-state index in [2.05, 4.69) is 9.80 Å². The normalized spacial score (nSPS) is 31.6. The van der Waals surface area contributed by atoms with Gasteiger partial charge in [-0.1, -0.05) is 6.42 Å². The van der Waals surface area contributed by atoms with Crippen molar-refractivity contribution in [1.82, 2.24) is 9.80 Å². The van der Waals surface area contributed by atoms with Crippen LogP contribution < -0.4 is 5.73 Å². The van der Waals surface area contributed by atoms with Crippen LogP contribution in [0.2, 0.25) is 0 Å². The maximum atomic E-state index is 9.42. The van der Waals surface area contributed by atoms with Crippen molar-refractivity contribution in [2.75, 3.05) is 32.8 Å². The first-order chi connectivity index (χ1) is 8.22. The van der Waals surface area contributed by atoms with E-state index in [1.165, 1.54) is 38.8 Å². The molecule has 0 aromatic heterocycles. The molecule has 4 heteroatoms. The summed E-state index contributed by atoms with van der Waals surface area (Å²) in [5, 5.41) is 9.42. The van der Waals surface area contributed by atoms with Gasteiger partial charge in [0, 0.05) is 31.2 Å². The Balaban J connectivity index is 1.85. The topological polar surface area (TPSA) is 52.7 Å². The predicted molar refractivity (Wildman–Crippen MR) is 69.9 cm³/mol. The largest absolute Gasteiger partial charge is 0.395 e. The van der Waals surface area contributed by atoms with Gasteiger partial charge in [-0.2, -0.15) is 0 Å². The summed E-state index contributed by atoms with van der Waals surface area (Å²) in [6, 6.07) is 0.896. The lowest BCUT2D eigenvalue weighted by atomic mass is 10.1. The zero-order chi connectivity index (χ0) is 12.3. The van der Waals surface area contributed by atoms with Crippen molar-refractivity contribution in [1.29, 1.82) is 0 Å². The summed E-state index contributed by atoms with van der Waals surface area (Å²) in [5.74, 6) is 0. The molecule has 2 fully saturated rings. The molecule has 3 unspecified atom stereocenters. The van der Waals surface area contributed by atoms with Crippen LogP contribution in [0.15, 0.2) is 0 Å². The quantitative estimate of drug-likeness (QED) is 0.741. The number of hydrogen-bond donors (Lipinski definition) is 2. The van der Waals surface area contributed by atoms with Gasteiger partial charge in [0.05, 0.1) is 6.61 Å². The van der Waals surface area contributed by atoms with E-state index in [0.717, 1.165) is 13.1 Å². The van der Waals surface area contributed by atoms with Gasteiger partial charge in [0.2, 0.25) is 0 Å². The first-order valence-corrected chi connectivity index (χ1v) is 7.07. The number of aliphatic hydroxyl groups is 1. The summed E-state index contributed by atoms with van der Waals surface area (Å²) < 4.78 is 0. The van der Waals surface area contributed by atoms with Gasteiger partial charge in [-0.05, 0) is 39.3 Å². The fourth-order valence-electron chi connectivity index (χ4n) is 3.27.